The summed E-state index contributed by atoms with van der Waals surface area (Å²) in [6, 6.07) is 14.6. The Balaban J connectivity index is 0.000000593. The fraction of sp³-hybridized carbons (Fsp3) is 0.536. The van der Waals surface area contributed by atoms with Gasteiger partial charge in [-0.15, -0.1) is 0 Å². The van der Waals surface area contributed by atoms with Gasteiger partial charge in [0.25, 0.3) is 0 Å². The van der Waals surface area contributed by atoms with Gasteiger partial charge in [0.2, 0.25) is 0 Å². The van der Waals surface area contributed by atoms with E-state index in [1.54, 1.807) is 0 Å². The number of carbonyl (C=O) groups is 1. The Labute approximate surface area is 181 Å². The Morgan fingerprint density at radius 3 is 1.76 bits per heavy atom. The van der Waals surface area contributed by atoms with Gasteiger partial charge in [0.15, 0.2) is 0 Å². The molecule has 0 unspecified atom stereocenters. The van der Waals surface area contributed by atoms with Gasteiger partial charge in [0.05, 0.1) is 0 Å². The first kappa shape index (κ1) is 27.1. The van der Waals surface area contributed by atoms with E-state index in [1.165, 1.54) is 43.2 Å². The molecule has 0 N–H and O–H groups in total. The summed E-state index contributed by atoms with van der Waals surface area (Å²) < 4.78 is 0. The second kappa shape index (κ2) is 15.0. The maximum Gasteiger partial charge on any atom is 0.150 e. The van der Waals surface area contributed by atoms with Crippen LogP contribution in [0.1, 0.15) is 102 Å². The van der Waals surface area contributed by atoms with Crippen molar-refractivity contribution in [2.24, 2.45) is 5.41 Å². The molecule has 1 saturated carbocycles. The highest BCUT2D eigenvalue weighted by atomic mass is 16.1. The zero-order valence-corrected chi connectivity index (χ0v) is 20.3. The number of carbonyl (C=O) groups excluding carboxylic acids is 1. The van der Waals surface area contributed by atoms with Crippen LogP contribution in [0.5, 0.6) is 0 Å². The quantitative estimate of drug-likeness (QED) is 0.445. The van der Waals surface area contributed by atoms with E-state index in [9.17, 15) is 4.79 Å². The molecule has 0 heterocycles. The van der Waals surface area contributed by atoms with Crippen LogP contribution in [0.3, 0.4) is 0 Å². The average molecular weight is 397 g/mol. The van der Waals surface area contributed by atoms with Crippen LogP contribution in [-0.4, -0.2) is 6.29 Å². The summed E-state index contributed by atoms with van der Waals surface area (Å²) in [5.41, 5.74) is 6.33. The third kappa shape index (κ3) is 9.43. The van der Waals surface area contributed by atoms with Gasteiger partial charge in [-0.3, -0.25) is 4.79 Å². The van der Waals surface area contributed by atoms with Gasteiger partial charge < -0.3 is 0 Å². The Hall–Kier alpha value is -1.89. The number of aryl methyl sites for hydroxylation is 2. The first-order valence-corrected chi connectivity index (χ1v) is 11.7. The molecule has 2 aromatic rings. The molecule has 1 aliphatic carbocycles. The molecule has 0 saturated heterocycles. The summed E-state index contributed by atoms with van der Waals surface area (Å²) in [6.07, 6.45) is 9.00. The zero-order valence-electron chi connectivity index (χ0n) is 20.3. The molecule has 162 valence electrons. The molecular formula is C28H44O. The van der Waals surface area contributed by atoms with Crippen LogP contribution in [0.15, 0.2) is 42.5 Å². The van der Waals surface area contributed by atoms with E-state index < -0.39 is 0 Å². The van der Waals surface area contributed by atoms with E-state index in [1.807, 2.05) is 46.8 Å². The van der Waals surface area contributed by atoms with Crippen LogP contribution >= 0.6 is 0 Å². The Morgan fingerprint density at radius 1 is 0.828 bits per heavy atom. The molecule has 0 radical (unpaired) electrons. The highest BCUT2D eigenvalue weighted by molar-refractivity contribution is 5.79. The van der Waals surface area contributed by atoms with Crippen LogP contribution < -0.4 is 0 Å². The van der Waals surface area contributed by atoms with E-state index >= 15 is 0 Å². The molecular weight excluding hydrogens is 352 g/mol. The topological polar surface area (TPSA) is 17.1 Å². The largest absolute Gasteiger partial charge is 0.298 e. The van der Waals surface area contributed by atoms with Crippen LogP contribution in [0.2, 0.25) is 0 Å². The molecule has 0 spiro atoms. The van der Waals surface area contributed by atoms with E-state index in [0.717, 1.165) is 34.8 Å². The van der Waals surface area contributed by atoms with E-state index in [2.05, 4.69) is 51.1 Å². The zero-order chi connectivity index (χ0) is 22.3. The summed E-state index contributed by atoms with van der Waals surface area (Å²) in [5.74, 6) is 0. The lowest BCUT2D eigenvalue weighted by atomic mass is 9.99. The van der Waals surface area contributed by atoms with Crippen molar-refractivity contribution in [3.05, 3.63) is 59.2 Å². The molecule has 0 bridgehead atoms. The average Bonchev–Trinajstić information content (AvgIpc) is 3.58. The molecule has 0 amide bonds. The number of aldehydes is 1. The number of hydrogen-bond donors (Lipinski definition) is 0. The molecule has 1 nitrogen and oxygen atoms in total. The Morgan fingerprint density at radius 2 is 1.38 bits per heavy atom. The molecule has 0 aromatic heterocycles. The van der Waals surface area contributed by atoms with Gasteiger partial charge in [-0.25, -0.2) is 0 Å². The molecule has 1 fully saturated rings. The van der Waals surface area contributed by atoms with Gasteiger partial charge in [0.1, 0.15) is 6.29 Å². The summed E-state index contributed by atoms with van der Waals surface area (Å²) in [4.78, 5) is 10.9. The minimum Gasteiger partial charge on any atom is -0.298 e. The SMILES string of the molecule is CC.CC.CCC1(CC)CC1.CCCc1ccc(-c2cc(C)cc(C=O)c2)cc1. The van der Waals surface area contributed by atoms with Crippen molar-refractivity contribution in [1.82, 2.24) is 0 Å². The van der Waals surface area contributed by atoms with E-state index in [0.29, 0.717) is 0 Å². The molecule has 1 heteroatoms. The van der Waals surface area contributed by atoms with Crippen LogP contribution in [0, 0.1) is 12.3 Å². The molecule has 2 aromatic carbocycles. The van der Waals surface area contributed by atoms with Gasteiger partial charge >= 0.3 is 0 Å². The summed E-state index contributed by atoms with van der Waals surface area (Å²) in [7, 11) is 0. The van der Waals surface area contributed by atoms with Gasteiger partial charge in [-0.2, -0.15) is 0 Å². The minimum atomic E-state index is 0.739. The Kier molecular flexibility index (Phi) is 14.0. The minimum absolute atomic E-state index is 0.739. The van der Waals surface area contributed by atoms with Gasteiger partial charge in [0, 0.05) is 5.56 Å². The lowest BCUT2D eigenvalue weighted by molar-refractivity contribution is 0.112. The first-order valence-electron chi connectivity index (χ1n) is 11.7. The van der Waals surface area contributed by atoms with Crippen molar-refractivity contribution in [2.75, 3.05) is 0 Å². The van der Waals surface area contributed by atoms with Crippen molar-refractivity contribution >= 4 is 6.29 Å². The van der Waals surface area contributed by atoms with E-state index in [-0.39, 0.29) is 0 Å². The smallest absolute Gasteiger partial charge is 0.150 e. The third-order valence-corrected chi connectivity index (χ3v) is 5.52. The second-order valence-corrected chi connectivity index (χ2v) is 7.40. The summed E-state index contributed by atoms with van der Waals surface area (Å²) >= 11 is 0. The fourth-order valence-electron chi connectivity index (χ4n) is 3.33. The summed E-state index contributed by atoms with van der Waals surface area (Å²) in [5, 5.41) is 0. The number of hydrogen-bond acceptors (Lipinski definition) is 1. The normalized spacial score (nSPS) is 12.8. The standard InChI is InChI=1S/C17H18O.C7H14.2C2H6/c1-3-4-14-5-7-16(8-6-14)17-10-13(2)9-15(11-17)12-18;1-3-7(4-2)5-6-7;2*1-2/h5-12H,3-4H2,1-2H3;3-6H2,1-2H3;2*1-2H3. The van der Waals surface area contributed by atoms with Gasteiger partial charge in [-0.1, -0.05) is 98.1 Å². The highest BCUT2D eigenvalue weighted by Crippen LogP contribution is 2.51. The van der Waals surface area contributed by atoms with Crippen LogP contribution in [0.4, 0.5) is 0 Å². The number of rotatable bonds is 6. The summed E-state index contributed by atoms with van der Waals surface area (Å²) in [6.45, 7) is 16.8. The van der Waals surface area contributed by atoms with Crippen LogP contribution in [0.25, 0.3) is 11.1 Å². The number of benzene rings is 2. The molecule has 0 atom stereocenters. The monoisotopic (exact) mass is 396 g/mol. The van der Waals surface area contributed by atoms with Crippen molar-refractivity contribution in [3.63, 3.8) is 0 Å². The first-order chi connectivity index (χ1) is 14.1. The lowest BCUT2D eigenvalue weighted by Gasteiger charge is -2.06. The fourth-order valence-corrected chi connectivity index (χ4v) is 3.33. The van der Waals surface area contributed by atoms with E-state index in [4.69, 9.17) is 0 Å². The van der Waals surface area contributed by atoms with Crippen molar-refractivity contribution in [1.29, 1.82) is 0 Å². The van der Waals surface area contributed by atoms with Crippen molar-refractivity contribution < 1.29 is 4.79 Å². The maximum absolute atomic E-state index is 10.9. The molecule has 0 aliphatic heterocycles. The predicted octanol–water partition coefficient (Wildman–Crippen LogP) is 9.07. The Bertz CT molecular complexity index is 672. The lowest BCUT2D eigenvalue weighted by Crippen LogP contribution is -1.92. The molecule has 3 rings (SSSR count). The maximum atomic E-state index is 10.9. The molecule has 29 heavy (non-hydrogen) atoms. The highest BCUT2D eigenvalue weighted by Gasteiger charge is 2.37. The third-order valence-electron chi connectivity index (χ3n) is 5.52. The predicted molar refractivity (Wildman–Crippen MR) is 131 cm³/mol. The van der Waals surface area contributed by atoms with Crippen molar-refractivity contribution in [2.45, 2.75) is 93.9 Å². The molecule has 1 aliphatic rings. The second-order valence-electron chi connectivity index (χ2n) is 7.40. The van der Waals surface area contributed by atoms with Crippen LogP contribution in [-0.2, 0) is 6.42 Å². The van der Waals surface area contributed by atoms with Gasteiger partial charge in [-0.05, 0) is 66.0 Å². The van der Waals surface area contributed by atoms with Crippen molar-refractivity contribution in [3.8, 4) is 11.1 Å².